The smallest absolute Gasteiger partial charge is 0.420 e. The van der Waals surface area contributed by atoms with Gasteiger partial charge in [-0.2, -0.15) is 13.2 Å². The van der Waals surface area contributed by atoms with E-state index in [0.29, 0.717) is 5.56 Å². The van der Waals surface area contributed by atoms with Gasteiger partial charge in [0.2, 0.25) is 0 Å². The molecule has 1 saturated heterocycles. The van der Waals surface area contributed by atoms with Crippen molar-refractivity contribution in [3.8, 4) is 11.1 Å². The monoisotopic (exact) mass is 428 g/mol. The third-order valence-corrected chi connectivity index (χ3v) is 4.89. The first-order chi connectivity index (χ1) is 13.6. The minimum absolute atomic E-state index is 0.0739. The fourth-order valence-electron chi connectivity index (χ4n) is 3.04. The maximum Gasteiger partial charge on any atom is 0.420 e. The molecule has 12 heteroatoms. The molecule has 4 rings (SSSR count). The van der Waals surface area contributed by atoms with Crippen LogP contribution in [0.3, 0.4) is 0 Å². The zero-order valence-electron chi connectivity index (χ0n) is 14.4. The number of carboxylic acid groups (broad SMARTS) is 1. The highest BCUT2D eigenvalue weighted by Crippen LogP contribution is 2.37. The van der Waals surface area contributed by atoms with Crippen LogP contribution in [0.2, 0.25) is 5.15 Å². The Balaban J connectivity index is 1.72. The van der Waals surface area contributed by atoms with Crippen molar-refractivity contribution in [2.45, 2.75) is 12.2 Å². The second kappa shape index (κ2) is 6.69. The highest BCUT2D eigenvalue weighted by atomic mass is 35.5. The Labute approximate surface area is 165 Å². The molecule has 0 saturated carbocycles. The number of carbonyl (C=O) groups is 2. The van der Waals surface area contributed by atoms with E-state index in [-0.39, 0.29) is 29.5 Å². The third kappa shape index (κ3) is 3.37. The first kappa shape index (κ1) is 19.1. The molecule has 0 radical (unpaired) electrons. The maximum absolute atomic E-state index is 13.6. The van der Waals surface area contributed by atoms with E-state index in [9.17, 15) is 22.8 Å². The number of nitrogens with one attached hydrogen (secondary N) is 1. The lowest BCUT2D eigenvalue weighted by Gasteiger charge is -2.37. The zero-order valence-corrected chi connectivity index (χ0v) is 15.2. The molecule has 152 valence electrons. The molecule has 0 spiro atoms. The number of furan rings is 1. The molecule has 2 amide bonds. The van der Waals surface area contributed by atoms with Crippen LogP contribution in [0.4, 0.5) is 18.0 Å². The SMILES string of the molecule is O=C(NC1CN(C(=O)O)C1)c1nc2c(C(F)(F)F)cc(-c3ccoc3)cn2c1Cl. The minimum Gasteiger partial charge on any atom is -0.472 e. The van der Waals surface area contributed by atoms with Gasteiger partial charge in [0.05, 0.1) is 24.1 Å². The van der Waals surface area contributed by atoms with Crippen molar-refractivity contribution < 1.29 is 32.3 Å². The number of rotatable bonds is 3. The standard InChI is InChI=1S/C17H12ClF3N4O4/c18-13-12(15(26)22-10-5-24(6-10)16(27)28)23-14-11(17(19,20)21)3-9(4-25(13)14)8-1-2-29-7-8/h1-4,7,10H,5-6H2,(H,22,26)(H,27,28). The summed E-state index contributed by atoms with van der Waals surface area (Å²) in [5.41, 5.74) is -1.37. The summed E-state index contributed by atoms with van der Waals surface area (Å²) in [6.45, 7) is 0.148. The first-order valence-electron chi connectivity index (χ1n) is 8.25. The summed E-state index contributed by atoms with van der Waals surface area (Å²) >= 11 is 6.18. The van der Waals surface area contributed by atoms with Gasteiger partial charge in [-0.15, -0.1) is 0 Å². The molecule has 0 unspecified atom stereocenters. The van der Waals surface area contributed by atoms with Gasteiger partial charge in [-0.25, -0.2) is 9.78 Å². The van der Waals surface area contributed by atoms with E-state index in [1.165, 1.54) is 24.8 Å². The number of alkyl halides is 3. The van der Waals surface area contributed by atoms with Crippen molar-refractivity contribution in [3.63, 3.8) is 0 Å². The van der Waals surface area contributed by atoms with Gasteiger partial charge in [-0.3, -0.25) is 9.20 Å². The van der Waals surface area contributed by atoms with Gasteiger partial charge in [0.1, 0.15) is 5.15 Å². The van der Waals surface area contributed by atoms with Gasteiger partial charge >= 0.3 is 12.3 Å². The van der Waals surface area contributed by atoms with Crippen molar-refractivity contribution in [2.24, 2.45) is 0 Å². The number of likely N-dealkylation sites (tertiary alicyclic amines) is 1. The van der Waals surface area contributed by atoms with Crippen molar-refractivity contribution in [3.05, 3.63) is 47.3 Å². The second-order valence-electron chi connectivity index (χ2n) is 6.46. The quantitative estimate of drug-likeness (QED) is 0.666. The van der Waals surface area contributed by atoms with Crippen LogP contribution in [0.5, 0.6) is 0 Å². The van der Waals surface area contributed by atoms with Crippen LogP contribution in [0.15, 0.2) is 35.3 Å². The topological polar surface area (TPSA) is 100 Å². The minimum atomic E-state index is -4.74. The maximum atomic E-state index is 13.6. The van der Waals surface area contributed by atoms with Gasteiger partial charge in [-0.1, -0.05) is 11.6 Å². The van der Waals surface area contributed by atoms with E-state index >= 15 is 0 Å². The average Bonchev–Trinajstić information content (AvgIpc) is 3.24. The normalized spacial score (nSPS) is 14.8. The highest BCUT2D eigenvalue weighted by molar-refractivity contribution is 6.33. The van der Waals surface area contributed by atoms with E-state index in [1.807, 2.05) is 0 Å². The Bertz CT molecular complexity index is 1100. The number of aromatic nitrogens is 2. The van der Waals surface area contributed by atoms with Gasteiger partial charge in [0.15, 0.2) is 11.3 Å². The fraction of sp³-hybridized carbons (Fsp3) is 0.235. The lowest BCUT2D eigenvalue weighted by Crippen LogP contribution is -2.60. The van der Waals surface area contributed by atoms with Crippen LogP contribution in [-0.4, -0.2) is 50.5 Å². The molecule has 1 aliphatic heterocycles. The van der Waals surface area contributed by atoms with Crippen molar-refractivity contribution in [2.75, 3.05) is 13.1 Å². The summed E-state index contributed by atoms with van der Waals surface area (Å²) in [4.78, 5) is 28.1. The van der Waals surface area contributed by atoms with E-state index < -0.39 is 35.4 Å². The fourth-order valence-corrected chi connectivity index (χ4v) is 3.29. The van der Waals surface area contributed by atoms with Crippen LogP contribution >= 0.6 is 11.6 Å². The Morgan fingerprint density at radius 1 is 1.31 bits per heavy atom. The van der Waals surface area contributed by atoms with Crippen LogP contribution < -0.4 is 5.32 Å². The summed E-state index contributed by atoms with van der Waals surface area (Å²) in [5, 5.41) is 11.0. The lowest BCUT2D eigenvalue weighted by atomic mass is 10.1. The Hall–Kier alpha value is -3.21. The molecule has 8 nitrogen and oxygen atoms in total. The van der Waals surface area contributed by atoms with Gasteiger partial charge in [0, 0.05) is 30.4 Å². The molecule has 4 heterocycles. The molecular weight excluding hydrogens is 417 g/mol. The number of nitrogens with zero attached hydrogens (tertiary/aromatic N) is 3. The van der Waals surface area contributed by atoms with Crippen LogP contribution in [-0.2, 0) is 6.18 Å². The zero-order chi connectivity index (χ0) is 20.9. The number of carbonyl (C=O) groups excluding carboxylic acids is 1. The average molecular weight is 429 g/mol. The molecule has 3 aromatic heterocycles. The Morgan fingerprint density at radius 2 is 2.03 bits per heavy atom. The molecule has 0 bridgehead atoms. The molecule has 29 heavy (non-hydrogen) atoms. The molecule has 0 aromatic carbocycles. The van der Waals surface area contributed by atoms with Crippen molar-refractivity contribution >= 4 is 29.2 Å². The number of pyridine rings is 1. The summed E-state index contributed by atoms with van der Waals surface area (Å²) in [5.74, 6) is -0.785. The number of amides is 2. The second-order valence-corrected chi connectivity index (χ2v) is 6.81. The number of fused-ring (bicyclic) bond motifs is 1. The summed E-state index contributed by atoms with van der Waals surface area (Å²) < 4.78 is 46.7. The van der Waals surface area contributed by atoms with E-state index in [1.54, 1.807) is 0 Å². The third-order valence-electron chi connectivity index (χ3n) is 4.52. The predicted molar refractivity (Wildman–Crippen MR) is 93.8 cm³/mol. The van der Waals surface area contributed by atoms with E-state index in [0.717, 1.165) is 15.4 Å². The molecular formula is C17H12ClF3N4O4. The lowest BCUT2D eigenvalue weighted by molar-refractivity contribution is -0.136. The van der Waals surface area contributed by atoms with E-state index in [2.05, 4.69) is 10.3 Å². The largest absolute Gasteiger partial charge is 0.472 e. The van der Waals surface area contributed by atoms with Crippen molar-refractivity contribution in [1.82, 2.24) is 19.6 Å². The van der Waals surface area contributed by atoms with Gasteiger partial charge in [0.25, 0.3) is 5.91 Å². The number of imidazole rings is 1. The summed E-state index contributed by atoms with van der Waals surface area (Å²) in [6.07, 6.45) is -1.93. The highest BCUT2D eigenvalue weighted by Gasteiger charge is 2.37. The molecule has 1 aliphatic rings. The van der Waals surface area contributed by atoms with E-state index in [4.69, 9.17) is 21.1 Å². The van der Waals surface area contributed by atoms with Gasteiger partial charge in [-0.05, 0) is 12.1 Å². The number of halogens is 4. The predicted octanol–water partition coefficient (Wildman–Crippen LogP) is 3.36. The Kier molecular flexibility index (Phi) is 4.41. The number of hydrogen-bond acceptors (Lipinski definition) is 4. The molecule has 1 fully saturated rings. The summed E-state index contributed by atoms with van der Waals surface area (Å²) in [7, 11) is 0. The number of hydrogen-bond donors (Lipinski definition) is 2. The molecule has 0 atom stereocenters. The molecule has 0 aliphatic carbocycles. The van der Waals surface area contributed by atoms with Crippen LogP contribution in [0, 0.1) is 0 Å². The van der Waals surface area contributed by atoms with Gasteiger partial charge < -0.3 is 19.7 Å². The Morgan fingerprint density at radius 3 is 2.62 bits per heavy atom. The van der Waals surface area contributed by atoms with Crippen molar-refractivity contribution in [1.29, 1.82) is 0 Å². The summed E-state index contributed by atoms with van der Waals surface area (Å²) in [6, 6.07) is 1.93. The van der Waals surface area contributed by atoms with Crippen LogP contribution in [0.25, 0.3) is 16.8 Å². The van der Waals surface area contributed by atoms with Crippen LogP contribution in [0.1, 0.15) is 16.1 Å². The molecule has 3 aromatic rings. The first-order valence-corrected chi connectivity index (χ1v) is 8.63. The molecule has 2 N–H and O–H groups in total.